The van der Waals surface area contributed by atoms with E-state index in [0.717, 1.165) is 0 Å². The lowest BCUT2D eigenvalue weighted by Gasteiger charge is -2.11. The highest BCUT2D eigenvalue weighted by molar-refractivity contribution is 6.00. The maximum Gasteiger partial charge on any atom is 0.310 e. The van der Waals surface area contributed by atoms with Crippen LogP contribution in [0.4, 0.5) is 0 Å². The molecule has 0 unspecified atom stereocenters. The van der Waals surface area contributed by atoms with Crippen molar-refractivity contribution in [3.8, 4) is 17.2 Å². The minimum absolute atomic E-state index is 0.126. The minimum atomic E-state index is -0.611. The standard InChI is InChI=1S/C21H22O7/c1-13(22)14-5-8-19(26-3)15(9-14)10-21(24)28-12-18(23)17-7-6-16(25-2)11-20(17)27-4/h5-9,11H,10,12H2,1-4H3. The number of benzene rings is 2. The van der Waals surface area contributed by atoms with Gasteiger partial charge in [0.25, 0.3) is 0 Å². The van der Waals surface area contributed by atoms with Crippen molar-refractivity contribution in [2.45, 2.75) is 13.3 Å². The summed E-state index contributed by atoms with van der Waals surface area (Å²) in [5.41, 5.74) is 1.25. The SMILES string of the molecule is COc1ccc(C(=O)COC(=O)Cc2cc(C(C)=O)ccc2OC)c(OC)c1. The number of ketones is 2. The summed E-state index contributed by atoms with van der Waals surface area (Å²) in [7, 11) is 4.41. The van der Waals surface area contributed by atoms with E-state index in [9.17, 15) is 14.4 Å². The maximum absolute atomic E-state index is 12.4. The third kappa shape index (κ3) is 5.09. The van der Waals surface area contributed by atoms with Crippen LogP contribution in [0.15, 0.2) is 36.4 Å². The van der Waals surface area contributed by atoms with Crippen LogP contribution < -0.4 is 14.2 Å². The lowest BCUT2D eigenvalue weighted by atomic mass is 10.0. The van der Waals surface area contributed by atoms with Crippen molar-refractivity contribution in [1.29, 1.82) is 0 Å². The molecule has 0 N–H and O–H groups in total. The van der Waals surface area contributed by atoms with E-state index in [-0.39, 0.29) is 17.8 Å². The molecule has 0 fully saturated rings. The minimum Gasteiger partial charge on any atom is -0.497 e. The van der Waals surface area contributed by atoms with Crippen LogP contribution in [0, 0.1) is 0 Å². The summed E-state index contributed by atoms with van der Waals surface area (Å²) >= 11 is 0. The fraction of sp³-hybridized carbons (Fsp3) is 0.286. The first-order valence-electron chi connectivity index (χ1n) is 8.48. The van der Waals surface area contributed by atoms with Gasteiger partial charge >= 0.3 is 5.97 Å². The Bertz CT molecular complexity index is 886. The van der Waals surface area contributed by atoms with Crippen molar-refractivity contribution >= 4 is 17.5 Å². The van der Waals surface area contributed by atoms with Gasteiger partial charge in [-0.3, -0.25) is 14.4 Å². The Kier molecular flexibility index (Phi) is 7.14. The van der Waals surface area contributed by atoms with Crippen LogP contribution in [0.25, 0.3) is 0 Å². The van der Waals surface area contributed by atoms with Crippen molar-refractivity contribution in [3.63, 3.8) is 0 Å². The zero-order valence-corrected chi connectivity index (χ0v) is 16.2. The molecule has 0 aromatic heterocycles. The summed E-state index contributed by atoms with van der Waals surface area (Å²) in [6.45, 7) is 1.00. The van der Waals surface area contributed by atoms with E-state index < -0.39 is 18.4 Å². The average molecular weight is 386 g/mol. The molecule has 0 aliphatic carbocycles. The third-order valence-corrected chi connectivity index (χ3v) is 4.10. The van der Waals surface area contributed by atoms with E-state index in [1.807, 2.05) is 0 Å². The van der Waals surface area contributed by atoms with Crippen LogP contribution >= 0.6 is 0 Å². The number of esters is 1. The van der Waals surface area contributed by atoms with E-state index in [1.165, 1.54) is 28.3 Å². The molecule has 0 saturated heterocycles. The summed E-state index contributed by atoms with van der Waals surface area (Å²) in [5.74, 6) is 0.195. The number of ether oxygens (including phenoxy) is 4. The number of hydrogen-bond donors (Lipinski definition) is 0. The number of carbonyl (C=O) groups excluding carboxylic acids is 3. The lowest BCUT2D eigenvalue weighted by molar-refractivity contribution is -0.141. The van der Waals surface area contributed by atoms with Gasteiger partial charge in [-0.1, -0.05) is 0 Å². The van der Waals surface area contributed by atoms with E-state index in [0.29, 0.717) is 28.4 Å². The summed E-state index contributed by atoms with van der Waals surface area (Å²) in [5, 5.41) is 0. The van der Waals surface area contributed by atoms with Crippen LogP contribution in [0.5, 0.6) is 17.2 Å². The Morgan fingerprint density at radius 1 is 0.857 bits per heavy atom. The molecular formula is C21H22O7. The molecule has 0 heterocycles. The highest BCUT2D eigenvalue weighted by Crippen LogP contribution is 2.25. The molecule has 7 heteroatoms. The molecule has 0 bridgehead atoms. The van der Waals surface area contributed by atoms with Gasteiger partial charge in [0.1, 0.15) is 17.2 Å². The van der Waals surface area contributed by atoms with Crippen molar-refractivity contribution in [2.75, 3.05) is 27.9 Å². The van der Waals surface area contributed by atoms with Gasteiger partial charge in [0.15, 0.2) is 12.4 Å². The maximum atomic E-state index is 12.4. The van der Waals surface area contributed by atoms with Gasteiger partial charge in [-0.05, 0) is 37.3 Å². The second-order valence-corrected chi connectivity index (χ2v) is 5.91. The normalized spacial score (nSPS) is 10.1. The second kappa shape index (κ2) is 9.55. The predicted molar refractivity (Wildman–Crippen MR) is 102 cm³/mol. The number of methoxy groups -OCH3 is 3. The number of carbonyl (C=O) groups is 3. The highest BCUT2D eigenvalue weighted by Gasteiger charge is 2.17. The summed E-state index contributed by atoms with van der Waals surface area (Å²) in [4.78, 5) is 36.1. The molecular weight excluding hydrogens is 364 g/mol. The quantitative estimate of drug-likeness (QED) is 0.484. The summed E-state index contributed by atoms with van der Waals surface area (Å²) in [6, 6.07) is 9.56. The van der Waals surface area contributed by atoms with E-state index in [2.05, 4.69) is 0 Å². The van der Waals surface area contributed by atoms with E-state index >= 15 is 0 Å². The monoisotopic (exact) mass is 386 g/mol. The van der Waals surface area contributed by atoms with Crippen LogP contribution in [0.2, 0.25) is 0 Å². The summed E-state index contributed by atoms with van der Waals surface area (Å²) < 4.78 is 20.6. The molecule has 0 aliphatic heterocycles. The zero-order chi connectivity index (χ0) is 20.7. The van der Waals surface area contributed by atoms with Gasteiger partial charge in [0, 0.05) is 17.2 Å². The van der Waals surface area contributed by atoms with Crippen molar-refractivity contribution < 1.29 is 33.3 Å². The largest absolute Gasteiger partial charge is 0.497 e. The topological polar surface area (TPSA) is 88.1 Å². The Labute approximate surface area is 163 Å². The number of hydrogen-bond acceptors (Lipinski definition) is 7. The lowest BCUT2D eigenvalue weighted by Crippen LogP contribution is -2.17. The first-order chi connectivity index (χ1) is 13.4. The molecule has 2 aromatic rings. The molecule has 2 rings (SSSR count). The van der Waals surface area contributed by atoms with E-state index in [1.54, 1.807) is 36.4 Å². The van der Waals surface area contributed by atoms with Gasteiger partial charge in [-0.25, -0.2) is 0 Å². The van der Waals surface area contributed by atoms with Crippen molar-refractivity contribution in [1.82, 2.24) is 0 Å². The Balaban J connectivity index is 2.06. The van der Waals surface area contributed by atoms with Gasteiger partial charge < -0.3 is 18.9 Å². The molecule has 2 aromatic carbocycles. The molecule has 0 radical (unpaired) electrons. The van der Waals surface area contributed by atoms with Gasteiger partial charge in [-0.15, -0.1) is 0 Å². The van der Waals surface area contributed by atoms with Crippen LogP contribution in [-0.2, 0) is 16.0 Å². The molecule has 0 amide bonds. The predicted octanol–water partition coefficient (Wildman–Crippen LogP) is 2.88. The van der Waals surface area contributed by atoms with Crippen LogP contribution in [-0.4, -0.2) is 45.5 Å². The number of Topliss-reactive ketones (excluding diaryl/α,β-unsaturated/α-hetero) is 2. The number of rotatable bonds is 9. The van der Waals surface area contributed by atoms with Gasteiger partial charge in [0.2, 0.25) is 5.78 Å². The van der Waals surface area contributed by atoms with Crippen LogP contribution in [0.1, 0.15) is 33.2 Å². The smallest absolute Gasteiger partial charge is 0.310 e. The van der Waals surface area contributed by atoms with E-state index in [4.69, 9.17) is 18.9 Å². The fourth-order valence-corrected chi connectivity index (χ4v) is 2.59. The van der Waals surface area contributed by atoms with Gasteiger partial charge in [-0.2, -0.15) is 0 Å². The average Bonchev–Trinajstić information content (AvgIpc) is 2.71. The van der Waals surface area contributed by atoms with Crippen molar-refractivity contribution in [2.24, 2.45) is 0 Å². The highest BCUT2D eigenvalue weighted by atomic mass is 16.5. The Morgan fingerprint density at radius 3 is 2.18 bits per heavy atom. The van der Waals surface area contributed by atoms with Crippen LogP contribution in [0.3, 0.4) is 0 Å². The summed E-state index contributed by atoms with van der Waals surface area (Å²) in [6.07, 6.45) is -0.128. The Morgan fingerprint density at radius 2 is 1.57 bits per heavy atom. The molecule has 28 heavy (non-hydrogen) atoms. The first kappa shape index (κ1) is 21.0. The van der Waals surface area contributed by atoms with Gasteiger partial charge in [0.05, 0.1) is 33.3 Å². The first-order valence-corrected chi connectivity index (χ1v) is 8.48. The zero-order valence-electron chi connectivity index (χ0n) is 16.2. The molecule has 148 valence electrons. The Hall–Kier alpha value is -3.35. The van der Waals surface area contributed by atoms with Crippen molar-refractivity contribution in [3.05, 3.63) is 53.1 Å². The molecule has 0 atom stereocenters. The molecule has 0 saturated carbocycles. The fourth-order valence-electron chi connectivity index (χ4n) is 2.59. The third-order valence-electron chi connectivity index (χ3n) is 4.10. The molecule has 7 nitrogen and oxygen atoms in total. The molecule has 0 aliphatic rings. The second-order valence-electron chi connectivity index (χ2n) is 5.91. The molecule has 0 spiro atoms.